The van der Waals surface area contributed by atoms with Gasteiger partial charge in [0.05, 0.1) is 18.8 Å². The monoisotopic (exact) mass is 391 g/mol. The molecule has 27 heavy (non-hydrogen) atoms. The Morgan fingerprint density at radius 2 is 2.04 bits per heavy atom. The number of aromatic amines is 1. The maximum absolute atomic E-state index is 12.7. The van der Waals surface area contributed by atoms with Crippen LogP contribution < -0.4 is 5.32 Å². The number of hydrogen-bond acceptors (Lipinski definition) is 4. The molecule has 1 fully saturated rings. The Labute approximate surface area is 164 Å². The van der Waals surface area contributed by atoms with E-state index in [-0.39, 0.29) is 24.8 Å². The summed E-state index contributed by atoms with van der Waals surface area (Å²) in [6.45, 7) is 2.28. The number of hydrogen-bond donors (Lipinski definition) is 2. The molecule has 1 aliphatic rings. The van der Waals surface area contributed by atoms with E-state index in [9.17, 15) is 9.59 Å². The third-order valence-electron chi connectivity index (χ3n) is 5.10. The predicted molar refractivity (Wildman–Crippen MR) is 107 cm³/mol. The molecule has 1 aromatic heterocycles. The standard InChI is InChI=1S/C20H26ClN3O3/c1-3-27-20(26)19-18(15-11-13(21)9-10-16(15)22-19)23-17(25)12-24(2)14-7-5-4-6-8-14/h9-11,14,22H,3-8,12H2,1-2H3,(H,23,25). The summed E-state index contributed by atoms with van der Waals surface area (Å²) in [5.41, 5.74) is 1.38. The summed E-state index contributed by atoms with van der Waals surface area (Å²) in [5.74, 6) is -0.657. The molecule has 146 valence electrons. The van der Waals surface area contributed by atoms with Crippen LogP contribution in [0.15, 0.2) is 18.2 Å². The molecule has 0 saturated heterocycles. The van der Waals surface area contributed by atoms with Crippen LogP contribution in [0.3, 0.4) is 0 Å². The van der Waals surface area contributed by atoms with Crippen molar-refractivity contribution < 1.29 is 14.3 Å². The van der Waals surface area contributed by atoms with Gasteiger partial charge in [0.15, 0.2) is 0 Å². The lowest BCUT2D eigenvalue weighted by atomic mass is 9.94. The summed E-state index contributed by atoms with van der Waals surface area (Å²) in [5, 5.41) is 4.13. The lowest BCUT2D eigenvalue weighted by molar-refractivity contribution is -0.117. The van der Waals surface area contributed by atoms with Crippen molar-refractivity contribution in [3.63, 3.8) is 0 Å². The average molecular weight is 392 g/mol. The first kappa shape index (κ1) is 19.7. The molecule has 1 aromatic carbocycles. The van der Waals surface area contributed by atoms with Gasteiger partial charge in [-0.1, -0.05) is 30.9 Å². The Bertz CT molecular complexity index is 827. The number of fused-ring (bicyclic) bond motifs is 1. The number of halogens is 1. The first-order valence-corrected chi connectivity index (χ1v) is 9.85. The van der Waals surface area contributed by atoms with Crippen molar-refractivity contribution in [1.82, 2.24) is 9.88 Å². The fourth-order valence-corrected chi connectivity index (χ4v) is 3.88. The Balaban J connectivity index is 1.81. The van der Waals surface area contributed by atoms with Crippen LogP contribution in [0, 0.1) is 0 Å². The van der Waals surface area contributed by atoms with E-state index in [1.807, 2.05) is 7.05 Å². The Morgan fingerprint density at radius 1 is 1.30 bits per heavy atom. The fraction of sp³-hybridized carbons (Fsp3) is 0.500. The number of nitrogens with zero attached hydrogens (tertiary/aromatic N) is 1. The Morgan fingerprint density at radius 3 is 2.74 bits per heavy atom. The van der Waals surface area contributed by atoms with E-state index in [0.29, 0.717) is 22.1 Å². The molecular formula is C20H26ClN3O3. The number of carbonyl (C=O) groups is 2. The van der Waals surface area contributed by atoms with Crippen LogP contribution in [-0.4, -0.2) is 48.0 Å². The molecule has 0 unspecified atom stereocenters. The third kappa shape index (κ3) is 4.62. The first-order valence-electron chi connectivity index (χ1n) is 9.48. The van der Waals surface area contributed by atoms with E-state index in [0.717, 1.165) is 18.4 Å². The number of rotatable bonds is 6. The Kier molecular flexibility index (Phi) is 6.39. The number of carbonyl (C=O) groups excluding carboxylic acids is 2. The van der Waals surface area contributed by atoms with Gasteiger partial charge in [-0.05, 0) is 45.0 Å². The van der Waals surface area contributed by atoms with E-state index in [2.05, 4.69) is 15.2 Å². The lowest BCUT2D eigenvalue weighted by Gasteiger charge is -2.30. The van der Waals surface area contributed by atoms with Crippen LogP contribution in [0.1, 0.15) is 49.5 Å². The predicted octanol–water partition coefficient (Wildman–Crippen LogP) is 4.20. The average Bonchev–Trinajstić information content (AvgIpc) is 3.00. The quantitative estimate of drug-likeness (QED) is 0.723. The molecule has 7 heteroatoms. The summed E-state index contributed by atoms with van der Waals surface area (Å²) >= 11 is 6.11. The van der Waals surface area contributed by atoms with Gasteiger partial charge in [-0.25, -0.2) is 4.79 Å². The molecule has 6 nitrogen and oxygen atoms in total. The largest absolute Gasteiger partial charge is 0.461 e. The molecule has 0 aliphatic heterocycles. The number of H-pyrrole nitrogens is 1. The zero-order valence-corrected chi connectivity index (χ0v) is 16.6. The van der Waals surface area contributed by atoms with Crippen molar-refractivity contribution in [2.24, 2.45) is 0 Å². The summed E-state index contributed by atoms with van der Waals surface area (Å²) in [4.78, 5) is 30.1. The fourth-order valence-electron chi connectivity index (χ4n) is 3.71. The SMILES string of the molecule is CCOC(=O)c1[nH]c2ccc(Cl)cc2c1NC(=O)CN(C)C1CCCCC1. The van der Waals surface area contributed by atoms with Gasteiger partial charge in [0.2, 0.25) is 5.91 Å². The van der Waals surface area contributed by atoms with Gasteiger partial charge in [0.25, 0.3) is 0 Å². The highest BCUT2D eigenvalue weighted by molar-refractivity contribution is 6.31. The molecular weight excluding hydrogens is 366 g/mol. The molecule has 3 rings (SSSR count). The molecule has 0 bridgehead atoms. The smallest absolute Gasteiger partial charge is 0.356 e. The van der Waals surface area contributed by atoms with Gasteiger partial charge in [0, 0.05) is 22.0 Å². The molecule has 1 amide bonds. The van der Waals surface area contributed by atoms with Gasteiger partial charge >= 0.3 is 5.97 Å². The van der Waals surface area contributed by atoms with Crippen molar-refractivity contribution in [3.8, 4) is 0 Å². The van der Waals surface area contributed by atoms with Crippen molar-refractivity contribution in [2.45, 2.75) is 45.1 Å². The third-order valence-corrected chi connectivity index (χ3v) is 5.33. The van der Waals surface area contributed by atoms with E-state index < -0.39 is 5.97 Å². The zero-order valence-electron chi connectivity index (χ0n) is 15.8. The number of benzene rings is 1. The van der Waals surface area contributed by atoms with Gasteiger partial charge < -0.3 is 15.0 Å². The van der Waals surface area contributed by atoms with Gasteiger partial charge in [0.1, 0.15) is 5.69 Å². The second-order valence-electron chi connectivity index (χ2n) is 7.04. The maximum atomic E-state index is 12.7. The number of esters is 1. The van der Waals surface area contributed by atoms with Crippen LogP contribution in [0.2, 0.25) is 5.02 Å². The zero-order chi connectivity index (χ0) is 19.4. The minimum atomic E-state index is -0.499. The van der Waals surface area contributed by atoms with Crippen LogP contribution in [0.5, 0.6) is 0 Å². The number of aromatic nitrogens is 1. The van der Waals surface area contributed by atoms with Gasteiger partial charge in [-0.15, -0.1) is 0 Å². The highest BCUT2D eigenvalue weighted by Gasteiger charge is 2.23. The van der Waals surface area contributed by atoms with E-state index in [1.54, 1.807) is 25.1 Å². The van der Waals surface area contributed by atoms with E-state index in [4.69, 9.17) is 16.3 Å². The number of likely N-dealkylation sites (N-methyl/N-ethyl adjacent to an activating group) is 1. The minimum Gasteiger partial charge on any atom is -0.461 e. The van der Waals surface area contributed by atoms with Crippen molar-refractivity contribution in [1.29, 1.82) is 0 Å². The highest BCUT2D eigenvalue weighted by Crippen LogP contribution is 2.31. The highest BCUT2D eigenvalue weighted by atomic mass is 35.5. The molecule has 0 spiro atoms. The molecule has 1 heterocycles. The maximum Gasteiger partial charge on any atom is 0.356 e. The van der Waals surface area contributed by atoms with Crippen molar-refractivity contribution in [2.75, 3.05) is 25.5 Å². The summed E-state index contributed by atoms with van der Waals surface area (Å²) < 4.78 is 5.12. The van der Waals surface area contributed by atoms with Crippen molar-refractivity contribution in [3.05, 3.63) is 28.9 Å². The van der Waals surface area contributed by atoms with Gasteiger partial charge in [-0.3, -0.25) is 9.69 Å². The number of amides is 1. The number of anilines is 1. The number of ether oxygens (including phenoxy) is 1. The van der Waals surface area contributed by atoms with Crippen LogP contribution >= 0.6 is 11.6 Å². The van der Waals surface area contributed by atoms with Crippen LogP contribution in [-0.2, 0) is 9.53 Å². The second kappa shape index (κ2) is 8.76. The van der Waals surface area contributed by atoms with E-state index >= 15 is 0 Å². The summed E-state index contributed by atoms with van der Waals surface area (Å²) in [6, 6.07) is 5.69. The second-order valence-corrected chi connectivity index (χ2v) is 7.48. The van der Waals surface area contributed by atoms with Crippen LogP contribution in [0.4, 0.5) is 5.69 Å². The van der Waals surface area contributed by atoms with Crippen LogP contribution in [0.25, 0.3) is 10.9 Å². The molecule has 0 radical (unpaired) electrons. The molecule has 2 N–H and O–H groups in total. The number of nitrogens with one attached hydrogen (secondary N) is 2. The molecule has 2 aromatic rings. The van der Waals surface area contributed by atoms with Gasteiger partial charge in [-0.2, -0.15) is 0 Å². The molecule has 1 aliphatic carbocycles. The first-order chi connectivity index (χ1) is 13.0. The summed E-state index contributed by atoms with van der Waals surface area (Å²) in [6.07, 6.45) is 5.95. The van der Waals surface area contributed by atoms with Crippen molar-refractivity contribution >= 4 is 40.1 Å². The molecule has 0 atom stereocenters. The lowest BCUT2D eigenvalue weighted by Crippen LogP contribution is -2.39. The normalized spacial score (nSPS) is 15.3. The summed E-state index contributed by atoms with van der Waals surface area (Å²) in [7, 11) is 1.98. The minimum absolute atomic E-state index is 0.158. The topological polar surface area (TPSA) is 74.4 Å². The van der Waals surface area contributed by atoms with E-state index in [1.165, 1.54) is 19.3 Å². The molecule has 1 saturated carbocycles. The Hall–Kier alpha value is -2.05.